The summed E-state index contributed by atoms with van der Waals surface area (Å²) in [7, 11) is 1.41. The smallest absolute Gasteiger partial charge is 0.316 e. The van der Waals surface area contributed by atoms with E-state index in [2.05, 4.69) is 9.97 Å². The molecule has 0 saturated heterocycles. The number of rotatable bonds is 3. The molecular formula is C11H14N2O2. The number of ether oxygens (including phenoxy) is 1. The van der Waals surface area contributed by atoms with Crippen molar-refractivity contribution in [3.05, 3.63) is 23.8 Å². The second-order valence-corrected chi connectivity index (χ2v) is 3.96. The lowest BCUT2D eigenvalue weighted by molar-refractivity contribution is -0.143. The number of aryl methyl sites for hydroxylation is 1. The van der Waals surface area contributed by atoms with Crippen molar-refractivity contribution in [2.24, 2.45) is 5.92 Å². The molecule has 1 aliphatic rings. The highest BCUT2D eigenvalue weighted by Crippen LogP contribution is 2.41. The Morgan fingerprint density at radius 2 is 2.07 bits per heavy atom. The van der Waals surface area contributed by atoms with Crippen molar-refractivity contribution in [3.8, 4) is 0 Å². The average Bonchev–Trinajstić information content (AvgIpc) is 3.05. The molecule has 1 fully saturated rings. The molecule has 15 heavy (non-hydrogen) atoms. The van der Waals surface area contributed by atoms with Gasteiger partial charge in [0.2, 0.25) is 0 Å². The Balaban J connectivity index is 2.24. The lowest BCUT2D eigenvalue weighted by Gasteiger charge is -2.11. The van der Waals surface area contributed by atoms with Crippen LogP contribution in [0.5, 0.6) is 0 Å². The molecule has 0 spiro atoms. The number of esters is 1. The fraction of sp³-hybridized carbons (Fsp3) is 0.545. The molecule has 4 heteroatoms. The van der Waals surface area contributed by atoms with Crippen molar-refractivity contribution in [1.82, 2.24) is 9.97 Å². The first kappa shape index (κ1) is 10.1. The summed E-state index contributed by atoms with van der Waals surface area (Å²) in [5.41, 5.74) is 0.998. The molecule has 0 bridgehead atoms. The van der Waals surface area contributed by atoms with E-state index in [1.165, 1.54) is 7.11 Å². The second kappa shape index (κ2) is 3.96. The van der Waals surface area contributed by atoms with Gasteiger partial charge in [0, 0.05) is 12.4 Å². The van der Waals surface area contributed by atoms with Gasteiger partial charge in [-0.05, 0) is 31.2 Å². The Labute approximate surface area is 88.7 Å². The molecule has 1 atom stereocenters. The summed E-state index contributed by atoms with van der Waals surface area (Å²) in [6, 6.07) is 0. The summed E-state index contributed by atoms with van der Waals surface area (Å²) in [5.74, 6) is 0.479. The molecule has 0 radical (unpaired) electrons. The van der Waals surface area contributed by atoms with Crippen LogP contribution in [0.1, 0.15) is 30.1 Å². The normalized spacial score (nSPS) is 17.2. The van der Waals surface area contributed by atoms with Crippen molar-refractivity contribution in [1.29, 1.82) is 0 Å². The van der Waals surface area contributed by atoms with Crippen molar-refractivity contribution >= 4 is 5.97 Å². The van der Waals surface area contributed by atoms with E-state index in [0.29, 0.717) is 11.7 Å². The van der Waals surface area contributed by atoms with Crippen molar-refractivity contribution in [2.75, 3.05) is 7.11 Å². The predicted octanol–water partition coefficient (Wildman–Crippen LogP) is 1.45. The van der Waals surface area contributed by atoms with Gasteiger partial charge < -0.3 is 4.74 Å². The number of carbonyl (C=O) groups is 1. The van der Waals surface area contributed by atoms with Gasteiger partial charge in [-0.3, -0.25) is 4.79 Å². The van der Waals surface area contributed by atoms with Crippen LogP contribution in [0, 0.1) is 12.8 Å². The molecule has 1 aromatic heterocycles. The Morgan fingerprint density at radius 1 is 1.47 bits per heavy atom. The zero-order valence-corrected chi connectivity index (χ0v) is 8.93. The number of carbonyl (C=O) groups excluding carboxylic acids is 1. The summed E-state index contributed by atoms with van der Waals surface area (Å²) >= 11 is 0. The zero-order chi connectivity index (χ0) is 10.8. The number of aromatic nitrogens is 2. The van der Waals surface area contributed by atoms with E-state index in [4.69, 9.17) is 4.74 Å². The van der Waals surface area contributed by atoms with Crippen LogP contribution in [0.4, 0.5) is 0 Å². The Hall–Kier alpha value is -1.45. The largest absolute Gasteiger partial charge is 0.468 e. The molecule has 0 amide bonds. The van der Waals surface area contributed by atoms with Crippen LogP contribution in [0.15, 0.2) is 12.4 Å². The fourth-order valence-electron chi connectivity index (χ4n) is 1.63. The molecular weight excluding hydrogens is 192 g/mol. The molecule has 1 saturated carbocycles. The van der Waals surface area contributed by atoms with Gasteiger partial charge in [-0.15, -0.1) is 0 Å². The first-order valence-corrected chi connectivity index (χ1v) is 5.08. The van der Waals surface area contributed by atoms with E-state index in [1.54, 1.807) is 12.4 Å². The van der Waals surface area contributed by atoms with Gasteiger partial charge in [-0.2, -0.15) is 0 Å². The average molecular weight is 206 g/mol. The summed E-state index contributed by atoms with van der Waals surface area (Å²) in [6.07, 6.45) is 5.61. The summed E-state index contributed by atoms with van der Waals surface area (Å²) in [4.78, 5) is 20.0. The number of hydrogen-bond donors (Lipinski definition) is 0. The molecule has 2 rings (SSSR count). The first-order valence-electron chi connectivity index (χ1n) is 5.08. The molecule has 4 nitrogen and oxygen atoms in total. The van der Waals surface area contributed by atoms with Gasteiger partial charge in [0.25, 0.3) is 0 Å². The highest BCUT2D eigenvalue weighted by molar-refractivity contribution is 5.77. The van der Waals surface area contributed by atoms with Crippen molar-refractivity contribution in [3.63, 3.8) is 0 Å². The third-order valence-corrected chi connectivity index (χ3v) is 2.63. The lowest BCUT2D eigenvalue weighted by atomic mass is 10.0. The fourth-order valence-corrected chi connectivity index (χ4v) is 1.63. The summed E-state index contributed by atoms with van der Waals surface area (Å²) < 4.78 is 4.78. The molecule has 0 aliphatic heterocycles. The Kier molecular flexibility index (Phi) is 2.66. The molecule has 1 heterocycles. The topological polar surface area (TPSA) is 52.1 Å². The van der Waals surface area contributed by atoms with Crippen LogP contribution in [-0.4, -0.2) is 23.0 Å². The predicted molar refractivity (Wildman–Crippen MR) is 54.3 cm³/mol. The number of nitrogens with zero attached hydrogens (tertiary/aromatic N) is 2. The molecule has 0 aromatic carbocycles. The first-order chi connectivity index (χ1) is 7.22. The Morgan fingerprint density at radius 3 is 2.53 bits per heavy atom. The third kappa shape index (κ3) is 2.14. The van der Waals surface area contributed by atoms with Crippen LogP contribution in [0.2, 0.25) is 0 Å². The zero-order valence-electron chi connectivity index (χ0n) is 8.93. The van der Waals surface area contributed by atoms with Crippen molar-refractivity contribution in [2.45, 2.75) is 25.7 Å². The van der Waals surface area contributed by atoms with Gasteiger partial charge in [0.15, 0.2) is 0 Å². The monoisotopic (exact) mass is 206 g/mol. The minimum absolute atomic E-state index is 0.221. The number of methoxy groups -OCH3 is 1. The lowest BCUT2D eigenvalue weighted by Crippen LogP contribution is -2.18. The van der Waals surface area contributed by atoms with E-state index in [-0.39, 0.29) is 11.9 Å². The van der Waals surface area contributed by atoms with Gasteiger partial charge in [-0.25, -0.2) is 9.97 Å². The minimum Gasteiger partial charge on any atom is -0.468 e. The highest BCUT2D eigenvalue weighted by atomic mass is 16.5. The maximum absolute atomic E-state index is 11.6. The molecule has 1 aromatic rings. The van der Waals surface area contributed by atoms with E-state index >= 15 is 0 Å². The van der Waals surface area contributed by atoms with Gasteiger partial charge >= 0.3 is 5.97 Å². The van der Waals surface area contributed by atoms with Crippen LogP contribution in [0.25, 0.3) is 0 Å². The minimum atomic E-state index is -0.268. The maximum atomic E-state index is 11.6. The number of hydrogen-bond acceptors (Lipinski definition) is 4. The molecule has 1 unspecified atom stereocenters. The van der Waals surface area contributed by atoms with Crippen LogP contribution >= 0.6 is 0 Å². The van der Waals surface area contributed by atoms with E-state index < -0.39 is 0 Å². The SMILES string of the molecule is COC(=O)C(c1ncc(C)cn1)C1CC1. The quantitative estimate of drug-likeness (QED) is 0.702. The van der Waals surface area contributed by atoms with Crippen molar-refractivity contribution < 1.29 is 9.53 Å². The highest BCUT2D eigenvalue weighted by Gasteiger charge is 2.39. The van der Waals surface area contributed by atoms with Crippen LogP contribution in [-0.2, 0) is 9.53 Å². The van der Waals surface area contributed by atoms with E-state index in [9.17, 15) is 4.79 Å². The molecule has 1 aliphatic carbocycles. The van der Waals surface area contributed by atoms with E-state index in [0.717, 1.165) is 18.4 Å². The van der Waals surface area contributed by atoms with Gasteiger partial charge in [-0.1, -0.05) is 0 Å². The van der Waals surface area contributed by atoms with Crippen LogP contribution < -0.4 is 0 Å². The maximum Gasteiger partial charge on any atom is 0.316 e. The molecule has 80 valence electrons. The standard InChI is InChI=1S/C11H14N2O2/c1-7-5-12-10(13-6-7)9(8-3-4-8)11(14)15-2/h5-6,8-9H,3-4H2,1-2H3. The molecule has 0 N–H and O–H groups in total. The third-order valence-electron chi connectivity index (χ3n) is 2.63. The van der Waals surface area contributed by atoms with Crippen LogP contribution in [0.3, 0.4) is 0 Å². The Bertz CT molecular complexity index is 357. The summed E-state index contributed by atoms with van der Waals surface area (Å²) in [6.45, 7) is 1.92. The second-order valence-electron chi connectivity index (χ2n) is 3.96. The van der Waals surface area contributed by atoms with E-state index in [1.807, 2.05) is 6.92 Å². The van der Waals surface area contributed by atoms with Gasteiger partial charge in [0.1, 0.15) is 11.7 Å². The van der Waals surface area contributed by atoms with Gasteiger partial charge in [0.05, 0.1) is 7.11 Å². The summed E-state index contributed by atoms with van der Waals surface area (Å²) in [5, 5.41) is 0.